The summed E-state index contributed by atoms with van der Waals surface area (Å²) < 4.78 is 6.26. The average molecular weight is 317 g/mol. The Labute approximate surface area is 140 Å². The Kier molecular flexibility index (Phi) is 6.23. The Morgan fingerprint density at radius 1 is 1.22 bits per heavy atom. The van der Waals surface area contributed by atoms with Gasteiger partial charge in [0, 0.05) is 0 Å². The SMILES string of the molecule is CC(CC(C)C(C)(OC1CCCCC1)C(N)=O)c1ccccc1. The summed E-state index contributed by atoms with van der Waals surface area (Å²) in [5, 5.41) is 0. The molecule has 0 bridgehead atoms. The summed E-state index contributed by atoms with van der Waals surface area (Å²) in [5.41, 5.74) is 6.15. The number of ether oxygens (including phenoxy) is 1. The minimum absolute atomic E-state index is 0.0807. The van der Waals surface area contributed by atoms with Crippen molar-refractivity contribution in [1.29, 1.82) is 0 Å². The third-order valence-corrected chi connectivity index (χ3v) is 5.47. The van der Waals surface area contributed by atoms with Gasteiger partial charge in [0.05, 0.1) is 6.10 Å². The van der Waals surface area contributed by atoms with E-state index in [1.54, 1.807) is 0 Å². The van der Waals surface area contributed by atoms with E-state index in [0.29, 0.717) is 5.92 Å². The van der Waals surface area contributed by atoms with Gasteiger partial charge in [-0.25, -0.2) is 0 Å². The van der Waals surface area contributed by atoms with Crippen molar-refractivity contribution in [2.45, 2.75) is 76.9 Å². The smallest absolute Gasteiger partial charge is 0.249 e. The predicted octanol–water partition coefficient (Wildman–Crippen LogP) is 4.41. The van der Waals surface area contributed by atoms with Crippen LogP contribution in [0.4, 0.5) is 0 Å². The van der Waals surface area contributed by atoms with Crippen molar-refractivity contribution in [2.75, 3.05) is 0 Å². The number of rotatable bonds is 7. The minimum atomic E-state index is -0.884. The van der Waals surface area contributed by atoms with Crippen LogP contribution in [0, 0.1) is 5.92 Å². The zero-order valence-electron chi connectivity index (χ0n) is 14.8. The van der Waals surface area contributed by atoms with Crippen molar-refractivity contribution in [2.24, 2.45) is 11.7 Å². The molecule has 0 aromatic heterocycles. The van der Waals surface area contributed by atoms with E-state index in [-0.39, 0.29) is 17.9 Å². The number of hydrogen-bond acceptors (Lipinski definition) is 2. The summed E-state index contributed by atoms with van der Waals surface area (Å²) in [4.78, 5) is 12.2. The summed E-state index contributed by atoms with van der Waals surface area (Å²) >= 11 is 0. The molecule has 0 saturated heterocycles. The van der Waals surface area contributed by atoms with Crippen LogP contribution in [0.15, 0.2) is 30.3 Å². The van der Waals surface area contributed by atoms with Gasteiger partial charge in [0.25, 0.3) is 0 Å². The van der Waals surface area contributed by atoms with Gasteiger partial charge in [-0.15, -0.1) is 0 Å². The van der Waals surface area contributed by atoms with E-state index in [1.807, 2.05) is 13.0 Å². The lowest BCUT2D eigenvalue weighted by Gasteiger charge is -2.38. The zero-order valence-corrected chi connectivity index (χ0v) is 14.8. The Balaban J connectivity index is 2.04. The molecule has 0 aliphatic heterocycles. The largest absolute Gasteiger partial charge is 0.367 e. The maximum absolute atomic E-state index is 12.2. The number of nitrogens with two attached hydrogens (primary N) is 1. The lowest BCUT2D eigenvalue weighted by molar-refractivity contribution is -0.162. The third kappa shape index (κ3) is 4.57. The fourth-order valence-corrected chi connectivity index (χ4v) is 3.62. The summed E-state index contributed by atoms with van der Waals surface area (Å²) in [6.45, 7) is 6.17. The van der Waals surface area contributed by atoms with Crippen molar-refractivity contribution >= 4 is 5.91 Å². The number of carbonyl (C=O) groups is 1. The second-order valence-electron chi connectivity index (χ2n) is 7.30. The maximum Gasteiger partial charge on any atom is 0.249 e. The summed E-state index contributed by atoms with van der Waals surface area (Å²) in [6.07, 6.45) is 6.80. The van der Waals surface area contributed by atoms with Gasteiger partial charge in [-0.3, -0.25) is 4.79 Å². The summed E-state index contributed by atoms with van der Waals surface area (Å²) in [6, 6.07) is 10.4. The third-order valence-electron chi connectivity index (χ3n) is 5.47. The lowest BCUT2D eigenvalue weighted by atomic mass is 9.80. The van der Waals surface area contributed by atoms with Gasteiger partial charge < -0.3 is 10.5 Å². The molecule has 3 atom stereocenters. The normalized spacial score (nSPS) is 21.3. The molecule has 3 nitrogen and oxygen atoms in total. The Morgan fingerprint density at radius 3 is 2.39 bits per heavy atom. The average Bonchev–Trinajstić information content (AvgIpc) is 2.56. The van der Waals surface area contributed by atoms with Gasteiger partial charge >= 0.3 is 0 Å². The molecule has 3 unspecified atom stereocenters. The molecule has 2 N–H and O–H groups in total. The number of amides is 1. The fraction of sp³-hybridized carbons (Fsp3) is 0.650. The highest BCUT2D eigenvalue weighted by atomic mass is 16.5. The standard InChI is InChI=1S/C20H31NO2/c1-15(17-10-6-4-7-11-17)14-16(2)20(3,19(21)22)23-18-12-8-5-9-13-18/h4,6-7,10-11,15-16,18H,5,8-9,12-14H2,1-3H3,(H2,21,22). The van der Waals surface area contributed by atoms with Crippen molar-refractivity contribution < 1.29 is 9.53 Å². The fourth-order valence-electron chi connectivity index (χ4n) is 3.62. The molecule has 128 valence electrons. The first kappa shape index (κ1) is 18.0. The molecule has 1 aromatic carbocycles. The molecule has 0 spiro atoms. The second-order valence-corrected chi connectivity index (χ2v) is 7.30. The molecule has 1 amide bonds. The van der Waals surface area contributed by atoms with Crippen LogP contribution < -0.4 is 5.73 Å². The van der Waals surface area contributed by atoms with Crippen molar-refractivity contribution in [3.63, 3.8) is 0 Å². The molecule has 2 rings (SSSR count). The molecular weight excluding hydrogens is 286 g/mol. The number of hydrogen-bond donors (Lipinski definition) is 1. The highest BCUT2D eigenvalue weighted by Gasteiger charge is 2.41. The molecule has 23 heavy (non-hydrogen) atoms. The molecule has 1 fully saturated rings. The molecule has 1 aromatic rings. The van der Waals surface area contributed by atoms with Gasteiger partial charge in [0.2, 0.25) is 5.91 Å². The summed E-state index contributed by atoms with van der Waals surface area (Å²) in [5.74, 6) is 0.118. The van der Waals surface area contributed by atoms with Crippen LogP contribution >= 0.6 is 0 Å². The predicted molar refractivity (Wildman–Crippen MR) is 94.2 cm³/mol. The molecular formula is C20H31NO2. The molecule has 0 radical (unpaired) electrons. The topological polar surface area (TPSA) is 52.3 Å². The molecule has 1 aliphatic carbocycles. The highest BCUT2D eigenvalue weighted by molar-refractivity contribution is 5.83. The molecule has 1 aliphatic rings. The first-order valence-corrected chi connectivity index (χ1v) is 8.96. The van der Waals surface area contributed by atoms with E-state index in [2.05, 4.69) is 38.1 Å². The van der Waals surface area contributed by atoms with E-state index in [1.165, 1.54) is 24.8 Å². The monoisotopic (exact) mass is 317 g/mol. The van der Waals surface area contributed by atoms with Crippen LogP contribution in [-0.2, 0) is 9.53 Å². The van der Waals surface area contributed by atoms with E-state index in [9.17, 15) is 4.79 Å². The Morgan fingerprint density at radius 2 is 1.83 bits per heavy atom. The van der Waals surface area contributed by atoms with E-state index in [4.69, 9.17) is 10.5 Å². The first-order chi connectivity index (χ1) is 10.9. The maximum atomic E-state index is 12.2. The quantitative estimate of drug-likeness (QED) is 0.810. The number of carbonyl (C=O) groups excluding carboxylic acids is 1. The van der Waals surface area contributed by atoms with E-state index >= 15 is 0 Å². The lowest BCUT2D eigenvalue weighted by Crippen LogP contribution is -2.51. The molecule has 1 saturated carbocycles. The van der Waals surface area contributed by atoms with Crippen LogP contribution in [0.3, 0.4) is 0 Å². The number of benzene rings is 1. The van der Waals surface area contributed by atoms with Crippen molar-refractivity contribution in [1.82, 2.24) is 0 Å². The Hall–Kier alpha value is -1.35. The van der Waals surface area contributed by atoms with Crippen molar-refractivity contribution in [3.05, 3.63) is 35.9 Å². The van der Waals surface area contributed by atoms with Crippen LogP contribution in [0.1, 0.15) is 70.8 Å². The minimum Gasteiger partial charge on any atom is -0.367 e. The van der Waals surface area contributed by atoms with E-state index in [0.717, 1.165) is 19.3 Å². The highest BCUT2D eigenvalue weighted by Crippen LogP contribution is 2.34. The van der Waals surface area contributed by atoms with Crippen LogP contribution in [0.2, 0.25) is 0 Å². The van der Waals surface area contributed by atoms with Crippen LogP contribution in [-0.4, -0.2) is 17.6 Å². The van der Waals surface area contributed by atoms with Gasteiger partial charge in [0.15, 0.2) is 0 Å². The first-order valence-electron chi connectivity index (χ1n) is 8.96. The second kappa shape index (κ2) is 7.96. The van der Waals surface area contributed by atoms with Crippen LogP contribution in [0.25, 0.3) is 0 Å². The van der Waals surface area contributed by atoms with Gasteiger partial charge in [-0.05, 0) is 43.6 Å². The zero-order chi connectivity index (χ0) is 16.9. The molecule has 3 heteroatoms. The van der Waals surface area contributed by atoms with Gasteiger partial charge in [-0.1, -0.05) is 63.4 Å². The van der Waals surface area contributed by atoms with Gasteiger partial charge in [0.1, 0.15) is 5.60 Å². The molecule has 0 heterocycles. The van der Waals surface area contributed by atoms with E-state index < -0.39 is 5.60 Å². The Bertz CT molecular complexity index is 496. The van der Waals surface area contributed by atoms with Crippen LogP contribution in [0.5, 0.6) is 0 Å². The van der Waals surface area contributed by atoms with Gasteiger partial charge in [-0.2, -0.15) is 0 Å². The number of primary amides is 1. The van der Waals surface area contributed by atoms with Crippen molar-refractivity contribution in [3.8, 4) is 0 Å². The summed E-state index contributed by atoms with van der Waals surface area (Å²) in [7, 11) is 0.